The van der Waals surface area contributed by atoms with Crippen molar-refractivity contribution in [2.45, 2.75) is 13.8 Å². The van der Waals surface area contributed by atoms with Crippen LogP contribution in [0, 0.1) is 5.92 Å². The molecule has 0 atom stereocenters. The zero-order valence-electron chi connectivity index (χ0n) is 9.71. The van der Waals surface area contributed by atoms with Crippen molar-refractivity contribution in [3.63, 3.8) is 0 Å². The van der Waals surface area contributed by atoms with Gasteiger partial charge in [0.1, 0.15) is 5.75 Å². The van der Waals surface area contributed by atoms with Gasteiger partial charge in [-0.05, 0) is 34.0 Å². The summed E-state index contributed by atoms with van der Waals surface area (Å²) < 4.78 is 5.83. The number of hydrogen-bond donors (Lipinski definition) is 1. The maximum atomic E-state index is 11.8. The molecule has 88 valence electrons. The highest BCUT2D eigenvalue weighted by atomic mass is 79.9. The predicted molar refractivity (Wildman–Crippen MR) is 67.9 cm³/mol. The number of amides is 1. The molecule has 0 unspecified atom stereocenters. The van der Waals surface area contributed by atoms with Gasteiger partial charge in [0, 0.05) is 6.54 Å². The lowest BCUT2D eigenvalue weighted by Crippen LogP contribution is -2.27. The number of carbonyl (C=O) groups excluding carboxylic acids is 1. The van der Waals surface area contributed by atoms with Gasteiger partial charge < -0.3 is 10.1 Å². The Morgan fingerprint density at radius 1 is 1.50 bits per heavy atom. The number of benzene rings is 1. The van der Waals surface area contributed by atoms with Crippen molar-refractivity contribution >= 4 is 21.8 Å². The summed E-state index contributed by atoms with van der Waals surface area (Å²) in [5, 5.41) is 2.87. The molecule has 0 spiro atoms. The van der Waals surface area contributed by atoms with Gasteiger partial charge in [-0.1, -0.05) is 19.9 Å². The van der Waals surface area contributed by atoms with Crippen molar-refractivity contribution in [2.24, 2.45) is 5.92 Å². The molecule has 0 heterocycles. The third-order valence-corrected chi connectivity index (χ3v) is 2.92. The van der Waals surface area contributed by atoms with Gasteiger partial charge in [-0.15, -0.1) is 0 Å². The molecule has 0 aromatic heterocycles. The summed E-state index contributed by atoms with van der Waals surface area (Å²) in [5.74, 6) is 1.02. The lowest BCUT2D eigenvalue weighted by atomic mass is 10.2. The molecule has 0 aliphatic heterocycles. The number of rotatable bonds is 4. The molecule has 1 N–H and O–H groups in total. The van der Waals surface area contributed by atoms with E-state index in [2.05, 4.69) is 35.1 Å². The zero-order chi connectivity index (χ0) is 12.1. The normalized spacial score (nSPS) is 10.3. The van der Waals surface area contributed by atoms with Crippen LogP contribution in [0.25, 0.3) is 0 Å². The number of methoxy groups -OCH3 is 1. The Hall–Kier alpha value is -1.03. The molecule has 1 aromatic rings. The molecule has 0 saturated heterocycles. The average molecular weight is 286 g/mol. The van der Waals surface area contributed by atoms with Gasteiger partial charge in [0.2, 0.25) is 0 Å². The van der Waals surface area contributed by atoms with E-state index in [4.69, 9.17) is 4.74 Å². The molecule has 0 fully saturated rings. The van der Waals surface area contributed by atoms with Crippen molar-refractivity contribution < 1.29 is 9.53 Å². The average Bonchev–Trinajstić information content (AvgIpc) is 2.26. The summed E-state index contributed by atoms with van der Waals surface area (Å²) in [5.41, 5.74) is 0.597. The van der Waals surface area contributed by atoms with Crippen LogP contribution in [0.2, 0.25) is 0 Å². The fourth-order valence-corrected chi connectivity index (χ4v) is 1.84. The van der Waals surface area contributed by atoms with Crippen LogP contribution < -0.4 is 10.1 Å². The molecule has 16 heavy (non-hydrogen) atoms. The van der Waals surface area contributed by atoms with E-state index in [0.29, 0.717) is 28.2 Å². The van der Waals surface area contributed by atoms with Gasteiger partial charge in [0.15, 0.2) is 0 Å². The van der Waals surface area contributed by atoms with Gasteiger partial charge >= 0.3 is 0 Å². The SMILES string of the molecule is COc1cccc(C(=O)NCC(C)C)c1Br. The highest BCUT2D eigenvalue weighted by molar-refractivity contribution is 9.10. The first-order valence-electron chi connectivity index (χ1n) is 5.17. The van der Waals surface area contributed by atoms with E-state index in [1.165, 1.54) is 0 Å². The van der Waals surface area contributed by atoms with Gasteiger partial charge in [0.05, 0.1) is 17.1 Å². The fraction of sp³-hybridized carbons (Fsp3) is 0.417. The highest BCUT2D eigenvalue weighted by Gasteiger charge is 2.13. The second-order valence-corrected chi connectivity index (χ2v) is 4.72. The number of halogens is 1. The van der Waals surface area contributed by atoms with Crippen LogP contribution in [0.3, 0.4) is 0 Å². The molecule has 0 aliphatic rings. The third kappa shape index (κ3) is 3.23. The Morgan fingerprint density at radius 3 is 2.75 bits per heavy atom. The van der Waals surface area contributed by atoms with Crippen molar-refractivity contribution in [3.8, 4) is 5.75 Å². The van der Waals surface area contributed by atoms with Crippen molar-refractivity contribution in [1.29, 1.82) is 0 Å². The predicted octanol–water partition coefficient (Wildman–Crippen LogP) is 2.84. The topological polar surface area (TPSA) is 38.3 Å². The van der Waals surface area contributed by atoms with Crippen molar-refractivity contribution in [1.82, 2.24) is 5.32 Å². The van der Waals surface area contributed by atoms with E-state index in [1.807, 2.05) is 6.07 Å². The zero-order valence-corrected chi connectivity index (χ0v) is 11.3. The fourth-order valence-electron chi connectivity index (χ4n) is 1.24. The number of hydrogen-bond acceptors (Lipinski definition) is 2. The molecular formula is C12H16BrNO2. The molecule has 0 radical (unpaired) electrons. The largest absolute Gasteiger partial charge is 0.496 e. The van der Waals surface area contributed by atoms with Crippen molar-refractivity contribution in [2.75, 3.05) is 13.7 Å². The Morgan fingerprint density at radius 2 is 2.19 bits per heavy atom. The van der Waals surface area contributed by atoms with E-state index >= 15 is 0 Å². The summed E-state index contributed by atoms with van der Waals surface area (Å²) >= 11 is 3.36. The van der Waals surface area contributed by atoms with Crippen molar-refractivity contribution in [3.05, 3.63) is 28.2 Å². The first kappa shape index (κ1) is 13.0. The molecule has 0 bridgehead atoms. The Balaban J connectivity index is 2.83. The quantitative estimate of drug-likeness (QED) is 0.924. The first-order chi connectivity index (χ1) is 7.56. The van der Waals surface area contributed by atoms with Crippen LogP contribution in [0.4, 0.5) is 0 Å². The lowest BCUT2D eigenvalue weighted by Gasteiger charge is -2.10. The summed E-state index contributed by atoms with van der Waals surface area (Å²) in [6.07, 6.45) is 0. The minimum absolute atomic E-state index is 0.0838. The molecule has 4 heteroatoms. The maximum absolute atomic E-state index is 11.8. The van der Waals surface area contributed by atoms with Gasteiger partial charge in [-0.2, -0.15) is 0 Å². The molecule has 1 aromatic carbocycles. The number of carbonyl (C=O) groups is 1. The van der Waals surface area contributed by atoms with E-state index < -0.39 is 0 Å². The second-order valence-electron chi connectivity index (χ2n) is 3.93. The van der Waals surface area contributed by atoms with Gasteiger partial charge in [-0.25, -0.2) is 0 Å². The standard InChI is InChI=1S/C12H16BrNO2/c1-8(2)7-14-12(15)9-5-4-6-10(16-3)11(9)13/h4-6,8H,7H2,1-3H3,(H,14,15). The minimum atomic E-state index is -0.0838. The Kier molecular flexibility index (Phi) is 4.80. The minimum Gasteiger partial charge on any atom is -0.496 e. The van der Waals surface area contributed by atoms with E-state index in [0.717, 1.165) is 0 Å². The van der Waals surface area contributed by atoms with Crippen LogP contribution in [-0.4, -0.2) is 19.6 Å². The molecule has 0 aliphatic carbocycles. The maximum Gasteiger partial charge on any atom is 0.252 e. The molecule has 0 saturated carbocycles. The Labute approximate surface area is 104 Å². The summed E-state index contributed by atoms with van der Waals surface area (Å²) in [7, 11) is 1.58. The summed E-state index contributed by atoms with van der Waals surface area (Å²) in [4.78, 5) is 11.8. The third-order valence-electron chi connectivity index (χ3n) is 2.10. The molecule has 1 rings (SSSR count). The number of ether oxygens (including phenoxy) is 1. The van der Waals surface area contributed by atoms with E-state index in [1.54, 1.807) is 19.2 Å². The Bertz CT molecular complexity index is 377. The van der Waals surface area contributed by atoms with Crippen LogP contribution in [-0.2, 0) is 0 Å². The van der Waals surface area contributed by atoms with Gasteiger partial charge in [0.25, 0.3) is 5.91 Å². The van der Waals surface area contributed by atoms with Crippen LogP contribution in [0.15, 0.2) is 22.7 Å². The summed E-state index contributed by atoms with van der Waals surface area (Å²) in [6.45, 7) is 4.78. The molecular weight excluding hydrogens is 270 g/mol. The monoisotopic (exact) mass is 285 g/mol. The van der Waals surface area contributed by atoms with Crippen LogP contribution in [0.5, 0.6) is 5.75 Å². The van der Waals surface area contributed by atoms with Gasteiger partial charge in [-0.3, -0.25) is 4.79 Å². The molecule has 1 amide bonds. The summed E-state index contributed by atoms with van der Waals surface area (Å²) in [6, 6.07) is 5.37. The second kappa shape index (κ2) is 5.89. The van der Waals surface area contributed by atoms with Crippen LogP contribution in [0.1, 0.15) is 24.2 Å². The number of nitrogens with one attached hydrogen (secondary N) is 1. The van der Waals surface area contributed by atoms with E-state index in [-0.39, 0.29) is 5.91 Å². The highest BCUT2D eigenvalue weighted by Crippen LogP contribution is 2.28. The smallest absolute Gasteiger partial charge is 0.252 e. The molecule has 3 nitrogen and oxygen atoms in total. The van der Waals surface area contributed by atoms with E-state index in [9.17, 15) is 4.79 Å². The van der Waals surface area contributed by atoms with Crippen LogP contribution >= 0.6 is 15.9 Å². The lowest BCUT2D eigenvalue weighted by molar-refractivity contribution is 0.0948. The first-order valence-corrected chi connectivity index (χ1v) is 5.96.